The van der Waals surface area contributed by atoms with Crippen LogP contribution in [0.25, 0.3) is 0 Å². The highest BCUT2D eigenvalue weighted by Gasteiger charge is 2.31. The fourth-order valence-corrected chi connectivity index (χ4v) is 3.24. The molecule has 1 aromatic carbocycles. The van der Waals surface area contributed by atoms with E-state index in [9.17, 15) is 9.90 Å². The van der Waals surface area contributed by atoms with Gasteiger partial charge in [-0.2, -0.15) is 0 Å². The number of fused-ring (bicyclic) bond motifs is 1. The van der Waals surface area contributed by atoms with E-state index < -0.39 is 0 Å². The third-order valence-corrected chi connectivity index (χ3v) is 4.54. The molecule has 20 heavy (non-hydrogen) atoms. The van der Waals surface area contributed by atoms with Gasteiger partial charge in [-0.3, -0.25) is 4.79 Å². The Labute approximate surface area is 119 Å². The summed E-state index contributed by atoms with van der Waals surface area (Å²) in [4.78, 5) is 14.7. The van der Waals surface area contributed by atoms with Crippen molar-refractivity contribution >= 4 is 5.91 Å². The maximum atomic E-state index is 12.7. The normalized spacial score (nSPS) is 23.4. The second-order valence-electron chi connectivity index (χ2n) is 5.79. The quantitative estimate of drug-likeness (QED) is 0.849. The Hall–Kier alpha value is -1.39. The first-order chi connectivity index (χ1) is 9.79. The van der Waals surface area contributed by atoms with Crippen molar-refractivity contribution in [3.05, 3.63) is 35.4 Å². The minimum absolute atomic E-state index is 0.188. The third kappa shape index (κ3) is 2.58. The van der Waals surface area contributed by atoms with Gasteiger partial charge in [0.25, 0.3) is 0 Å². The molecule has 1 atom stereocenters. The predicted molar refractivity (Wildman–Crippen MR) is 77.3 cm³/mol. The van der Waals surface area contributed by atoms with Gasteiger partial charge in [0.1, 0.15) is 6.04 Å². The summed E-state index contributed by atoms with van der Waals surface area (Å²) in [5.41, 5.74) is 2.42. The Morgan fingerprint density at radius 2 is 2.05 bits per heavy atom. The number of aliphatic hydroxyl groups excluding tert-OH is 1. The molecule has 2 heterocycles. The molecular weight excluding hydrogens is 252 g/mol. The molecule has 0 saturated carbocycles. The molecule has 1 unspecified atom stereocenters. The van der Waals surface area contributed by atoms with E-state index in [4.69, 9.17) is 0 Å². The Morgan fingerprint density at radius 3 is 2.80 bits per heavy atom. The molecule has 0 aliphatic carbocycles. The standard InChI is InChI=1S/C16H22N2O2/c19-11-12-6-9-18(10-7-12)16(20)15-14-4-2-1-3-13(14)5-8-17-15/h1-4,12,15,17,19H,5-11H2. The van der Waals surface area contributed by atoms with E-state index in [-0.39, 0.29) is 18.6 Å². The van der Waals surface area contributed by atoms with Crippen LogP contribution in [-0.2, 0) is 11.2 Å². The first kappa shape index (κ1) is 13.6. The molecule has 4 heteroatoms. The van der Waals surface area contributed by atoms with Gasteiger partial charge in [-0.15, -0.1) is 0 Å². The van der Waals surface area contributed by atoms with Gasteiger partial charge in [-0.1, -0.05) is 24.3 Å². The highest BCUT2D eigenvalue weighted by Crippen LogP contribution is 2.26. The molecule has 1 aromatic rings. The Kier molecular flexibility index (Phi) is 4.03. The molecule has 1 fully saturated rings. The van der Waals surface area contributed by atoms with E-state index in [1.807, 2.05) is 17.0 Å². The smallest absolute Gasteiger partial charge is 0.244 e. The monoisotopic (exact) mass is 274 g/mol. The minimum Gasteiger partial charge on any atom is -0.396 e. The summed E-state index contributed by atoms with van der Waals surface area (Å²) in [6.07, 6.45) is 2.82. The van der Waals surface area contributed by atoms with Crippen LogP contribution in [0.2, 0.25) is 0 Å². The number of aliphatic hydroxyl groups is 1. The number of carbonyl (C=O) groups is 1. The second kappa shape index (κ2) is 5.94. The minimum atomic E-state index is -0.189. The zero-order valence-electron chi connectivity index (χ0n) is 11.7. The van der Waals surface area contributed by atoms with E-state index in [0.29, 0.717) is 5.92 Å². The summed E-state index contributed by atoms with van der Waals surface area (Å²) in [6.45, 7) is 2.64. The van der Waals surface area contributed by atoms with Gasteiger partial charge < -0.3 is 15.3 Å². The van der Waals surface area contributed by atoms with E-state index >= 15 is 0 Å². The molecule has 1 amide bonds. The summed E-state index contributed by atoms with van der Waals surface area (Å²) in [6, 6.07) is 8.03. The van der Waals surface area contributed by atoms with E-state index in [1.54, 1.807) is 0 Å². The van der Waals surface area contributed by atoms with Crippen molar-refractivity contribution in [1.29, 1.82) is 0 Å². The molecule has 2 aliphatic rings. The lowest BCUT2D eigenvalue weighted by molar-refractivity contribution is -0.135. The van der Waals surface area contributed by atoms with Crippen molar-refractivity contribution in [2.24, 2.45) is 5.92 Å². The first-order valence-corrected chi connectivity index (χ1v) is 7.50. The summed E-state index contributed by atoms with van der Waals surface area (Å²) in [7, 11) is 0. The van der Waals surface area contributed by atoms with Crippen LogP contribution in [0.15, 0.2) is 24.3 Å². The van der Waals surface area contributed by atoms with Crippen LogP contribution < -0.4 is 5.32 Å². The number of amides is 1. The van der Waals surface area contributed by atoms with Crippen molar-refractivity contribution < 1.29 is 9.90 Å². The Bertz CT molecular complexity index is 481. The summed E-state index contributed by atoms with van der Waals surface area (Å²) >= 11 is 0. The summed E-state index contributed by atoms with van der Waals surface area (Å²) < 4.78 is 0. The average molecular weight is 274 g/mol. The lowest BCUT2D eigenvalue weighted by atomic mass is 9.92. The van der Waals surface area contributed by atoms with Crippen LogP contribution in [-0.4, -0.2) is 42.2 Å². The number of hydrogen-bond donors (Lipinski definition) is 2. The van der Waals surface area contributed by atoms with Crippen LogP contribution in [0.3, 0.4) is 0 Å². The van der Waals surface area contributed by atoms with Gasteiger partial charge in [0, 0.05) is 26.2 Å². The number of hydrogen-bond acceptors (Lipinski definition) is 3. The third-order valence-electron chi connectivity index (χ3n) is 4.54. The highest BCUT2D eigenvalue weighted by atomic mass is 16.3. The van der Waals surface area contributed by atoms with Crippen LogP contribution in [0.4, 0.5) is 0 Å². The van der Waals surface area contributed by atoms with Crippen LogP contribution in [0.5, 0.6) is 0 Å². The SMILES string of the molecule is O=C(C1NCCc2ccccc21)N1CCC(CO)CC1. The highest BCUT2D eigenvalue weighted by molar-refractivity contribution is 5.84. The van der Waals surface area contributed by atoms with Gasteiger partial charge in [0.15, 0.2) is 0 Å². The number of nitrogens with one attached hydrogen (secondary N) is 1. The van der Waals surface area contributed by atoms with Gasteiger partial charge in [-0.05, 0) is 36.3 Å². The number of carbonyl (C=O) groups excluding carboxylic acids is 1. The molecule has 0 bridgehead atoms. The number of piperidine rings is 1. The molecule has 2 N–H and O–H groups in total. The van der Waals surface area contributed by atoms with Crippen molar-refractivity contribution in [1.82, 2.24) is 10.2 Å². The first-order valence-electron chi connectivity index (χ1n) is 7.50. The number of rotatable bonds is 2. The second-order valence-corrected chi connectivity index (χ2v) is 5.79. The fraction of sp³-hybridized carbons (Fsp3) is 0.562. The molecule has 0 radical (unpaired) electrons. The zero-order valence-corrected chi connectivity index (χ0v) is 11.7. The van der Waals surface area contributed by atoms with Crippen molar-refractivity contribution in [3.63, 3.8) is 0 Å². The van der Waals surface area contributed by atoms with Crippen LogP contribution >= 0.6 is 0 Å². The van der Waals surface area contributed by atoms with Crippen LogP contribution in [0.1, 0.15) is 30.0 Å². The largest absolute Gasteiger partial charge is 0.396 e. The van der Waals surface area contributed by atoms with Gasteiger partial charge in [0.2, 0.25) is 5.91 Å². The lowest BCUT2D eigenvalue weighted by Crippen LogP contribution is -2.47. The fourth-order valence-electron chi connectivity index (χ4n) is 3.24. The molecule has 108 valence electrons. The molecule has 3 rings (SSSR count). The topological polar surface area (TPSA) is 52.6 Å². The van der Waals surface area contributed by atoms with Gasteiger partial charge in [-0.25, -0.2) is 0 Å². The lowest BCUT2D eigenvalue weighted by Gasteiger charge is -2.35. The van der Waals surface area contributed by atoms with Gasteiger partial charge >= 0.3 is 0 Å². The summed E-state index contributed by atoms with van der Waals surface area (Å²) in [5.74, 6) is 0.555. The predicted octanol–water partition coefficient (Wildman–Crippen LogP) is 1.10. The van der Waals surface area contributed by atoms with Crippen molar-refractivity contribution in [3.8, 4) is 0 Å². The van der Waals surface area contributed by atoms with Crippen molar-refractivity contribution in [2.45, 2.75) is 25.3 Å². The Balaban J connectivity index is 1.72. The Morgan fingerprint density at radius 1 is 1.30 bits per heavy atom. The van der Waals surface area contributed by atoms with E-state index in [2.05, 4.69) is 17.4 Å². The molecule has 0 aromatic heterocycles. The molecule has 1 saturated heterocycles. The van der Waals surface area contributed by atoms with E-state index in [0.717, 1.165) is 44.5 Å². The number of benzene rings is 1. The maximum Gasteiger partial charge on any atom is 0.244 e. The summed E-state index contributed by atoms with van der Waals surface area (Å²) in [5, 5.41) is 12.5. The molecular formula is C16H22N2O2. The maximum absolute atomic E-state index is 12.7. The molecule has 2 aliphatic heterocycles. The van der Waals surface area contributed by atoms with Gasteiger partial charge in [0.05, 0.1) is 0 Å². The number of likely N-dealkylation sites (tertiary alicyclic amines) is 1. The zero-order chi connectivity index (χ0) is 13.9. The molecule has 4 nitrogen and oxygen atoms in total. The van der Waals surface area contributed by atoms with E-state index in [1.165, 1.54) is 5.56 Å². The van der Waals surface area contributed by atoms with Crippen LogP contribution in [0, 0.1) is 5.92 Å². The van der Waals surface area contributed by atoms with Crippen molar-refractivity contribution in [2.75, 3.05) is 26.2 Å². The average Bonchev–Trinajstić information content (AvgIpc) is 2.54. The molecule has 0 spiro atoms. The number of nitrogens with zero attached hydrogens (tertiary/aromatic N) is 1.